The fourth-order valence-corrected chi connectivity index (χ4v) is 8.15. The highest BCUT2D eigenvalue weighted by molar-refractivity contribution is 6.36. The van der Waals surface area contributed by atoms with Crippen LogP contribution in [0.3, 0.4) is 0 Å². The van der Waals surface area contributed by atoms with Gasteiger partial charge in [-0.05, 0) is 50.2 Å². The zero-order valence-corrected chi connectivity index (χ0v) is 27.7. The second kappa shape index (κ2) is 12.6. The number of piperazine rings is 1. The van der Waals surface area contributed by atoms with Gasteiger partial charge in [-0.2, -0.15) is 15.0 Å². The number of rotatable bonds is 7. The number of halogens is 2. The Morgan fingerprint density at radius 2 is 1.92 bits per heavy atom. The topological polar surface area (TPSA) is 104 Å². The van der Waals surface area contributed by atoms with Crippen LogP contribution in [0.4, 0.5) is 15.9 Å². The lowest BCUT2D eigenvalue weighted by Gasteiger charge is -2.38. The maximum Gasteiger partial charge on any atom is 0.318 e. The summed E-state index contributed by atoms with van der Waals surface area (Å²) in [6, 6.07) is 12.6. The molecule has 4 aromatic rings. The summed E-state index contributed by atoms with van der Waals surface area (Å²) in [5, 5.41) is 6.61. The Balaban J connectivity index is 1.06. The summed E-state index contributed by atoms with van der Waals surface area (Å²) in [6.45, 7) is 7.13. The molecule has 13 heteroatoms. The van der Waals surface area contributed by atoms with E-state index < -0.39 is 6.17 Å². The predicted molar refractivity (Wildman–Crippen MR) is 181 cm³/mol. The highest BCUT2D eigenvalue weighted by Gasteiger charge is 2.49. The SMILES string of the molecule is Cc1noc(/C=C/C(=O)N2CCN(c3nc(OC[C@@]45CCCN4C[C@H](F)C5)nc4c3CCN(c3cccc5cccc(Cl)c35)C4)CC2)n1. The van der Waals surface area contributed by atoms with Gasteiger partial charge in [0.25, 0.3) is 5.89 Å². The van der Waals surface area contributed by atoms with Gasteiger partial charge in [-0.15, -0.1) is 0 Å². The average Bonchev–Trinajstić information content (AvgIpc) is 3.78. The number of aromatic nitrogens is 4. The molecule has 2 aromatic carbocycles. The van der Waals surface area contributed by atoms with Crippen LogP contribution >= 0.6 is 11.6 Å². The molecule has 0 radical (unpaired) electrons. The van der Waals surface area contributed by atoms with Gasteiger partial charge in [0.1, 0.15) is 18.6 Å². The first-order valence-electron chi connectivity index (χ1n) is 16.7. The molecule has 0 spiro atoms. The molecule has 2 atom stereocenters. The van der Waals surface area contributed by atoms with E-state index >= 15 is 0 Å². The molecule has 3 fully saturated rings. The Hall–Kier alpha value is -4.29. The molecule has 6 heterocycles. The van der Waals surface area contributed by atoms with Gasteiger partial charge < -0.3 is 24.0 Å². The monoisotopic (exact) mass is 672 g/mol. The largest absolute Gasteiger partial charge is 0.461 e. The quantitative estimate of drug-likeness (QED) is 0.253. The number of carbonyl (C=O) groups is 1. The standard InChI is InChI=1S/C35H38ClFN8O3/c1-23-38-30(48-41-23)9-10-31(46)42-15-17-43(18-16-42)33-26-11-14-44(29-8-3-6-24-5-2-7-27(36)32(24)29)21-28(26)39-34(40-33)47-22-35-12-4-13-45(35)20-25(37)19-35/h2-3,5-10,25H,4,11-22H2,1H3/b10-9+/t25-,35+/m1/s1. The third-order valence-corrected chi connectivity index (χ3v) is 10.5. The van der Waals surface area contributed by atoms with Crippen molar-refractivity contribution in [3.63, 3.8) is 0 Å². The lowest BCUT2D eigenvalue weighted by Crippen LogP contribution is -2.49. The Kier molecular flexibility index (Phi) is 8.16. The van der Waals surface area contributed by atoms with Gasteiger partial charge in [-0.3, -0.25) is 9.69 Å². The van der Waals surface area contributed by atoms with Gasteiger partial charge in [0, 0.05) is 74.5 Å². The van der Waals surface area contributed by atoms with Crippen LogP contribution < -0.4 is 14.5 Å². The molecular formula is C35H38ClFN8O3. The second-order valence-corrected chi connectivity index (χ2v) is 13.6. The minimum absolute atomic E-state index is 0.105. The maximum atomic E-state index is 14.5. The van der Waals surface area contributed by atoms with E-state index in [0.717, 1.165) is 70.9 Å². The smallest absolute Gasteiger partial charge is 0.318 e. The second-order valence-electron chi connectivity index (χ2n) is 13.2. The van der Waals surface area contributed by atoms with E-state index in [0.29, 0.717) is 70.0 Å². The molecule has 250 valence electrons. The van der Waals surface area contributed by atoms with Gasteiger partial charge in [0.15, 0.2) is 5.82 Å². The van der Waals surface area contributed by atoms with Crippen LogP contribution in [-0.2, 0) is 17.8 Å². The molecule has 3 saturated heterocycles. The van der Waals surface area contributed by atoms with Gasteiger partial charge in [-0.25, -0.2) is 4.39 Å². The fraction of sp³-hybridized carbons (Fsp3) is 0.457. The van der Waals surface area contributed by atoms with Crippen LogP contribution in [-0.4, -0.2) is 99.9 Å². The van der Waals surface area contributed by atoms with Crippen molar-refractivity contribution in [1.29, 1.82) is 0 Å². The van der Waals surface area contributed by atoms with Gasteiger partial charge >= 0.3 is 6.01 Å². The first-order valence-corrected chi connectivity index (χ1v) is 17.1. The lowest BCUT2D eigenvalue weighted by molar-refractivity contribution is -0.126. The molecule has 0 bridgehead atoms. The molecule has 0 aliphatic carbocycles. The number of fused-ring (bicyclic) bond motifs is 3. The van der Waals surface area contributed by atoms with Crippen molar-refractivity contribution in [2.24, 2.45) is 0 Å². The van der Waals surface area contributed by atoms with Crippen molar-refractivity contribution in [2.75, 3.05) is 62.2 Å². The third-order valence-electron chi connectivity index (χ3n) is 10.2. The first kappa shape index (κ1) is 31.0. The van der Waals surface area contributed by atoms with Gasteiger partial charge in [0.05, 0.1) is 22.8 Å². The summed E-state index contributed by atoms with van der Waals surface area (Å²) in [7, 11) is 0. The molecule has 2 aromatic heterocycles. The number of ether oxygens (including phenoxy) is 1. The van der Waals surface area contributed by atoms with Gasteiger partial charge in [-0.1, -0.05) is 41.0 Å². The number of amides is 1. The van der Waals surface area contributed by atoms with Crippen LogP contribution in [0.2, 0.25) is 5.02 Å². The number of hydrogen-bond donors (Lipinski definition) is 0. The molecule has 4 aliphatic rings. The number of aryl methyl sites for hydroxylation is 1. The summed E-state index contributed by atoms with van der Waals surface area (Å²) in [5.74, 6) is 1.57. The highest BCUT2D eigenvalue weighted by Crippen LogP contribution is 2.41. The molecular weight excluding hydrogens is 635 g/mol. The molecule has 1 amide bonds. The van der Waals surface area contributed by atoms with Crippen molar-refractivity contribution in [3.8, 4) is 6.01 Å². The van der Waals surface area contributed by atoms with Crippen LogP contribution in [0.25, 0.3) is 16.8 Å². The van der Waals surface area contributed by atoms with E-state index in [4.69, 9.17) is 30.8 Å². The van der Waals surface area contributed by atoms with Crippen molar-refractivity contribution < 1.29 is 18.4 Å². The normalized spacial score (nSPS) is 22.9. The number of nitrogens with zero attached hydrogens (tertiary/aromatic N) is 8. The fourth-order valence-electron chi connectivity index (χ4n) is 7.88. The van der Waals surface area contributed by atoms with E-state index in [1.54, 1.807) is 13.0 Å². The van der Waals surface area contributed by atoms with E-state index in [1.165, 1.54) is 6.08 Å². The number of benzene rings is 2. The van der Waals surface area contributed by atoms with Crippen molar-refractivity contribution >= 4 is 45.9 Å². The Morgan fingerprint density at radius 1 is 1.08 bits per heavy atom. The Bertz CT molecular complexity index is 1870. The Morgan fingerprint density at radius 3 is 2.73 bits per heavy atom. The summed E-state index contributed by atoms with van der Waals surface area (Å²) >= 11 is 6.72. The highest BCUT2D eigenvalue weighted by atomic mass is 35.5. The summed E-state index contributed by atoms with van der Waals surface area (Å²) in [4.78, 5) is 35.7. The lowest BCUT2D eigenvalue weighted by atomic mass is 9.95. The van der Waals surface area contributed by atoms with E-state index in [2.05, 4.69) is 49.1 Å². The number of carbonyl (C=O) groups excluding carboxylic acids is 1. The maximum absolute atomic E-state index is 14.5. The number of anilines is 2. The molecule has 8 rings (SSSR count). The Labute approximate surface area is 283 Å². The van der Waals surface area contributed by atoms with Crippen molar-refractivity contribution in [3.05, 3.63) is 70.5 Å². The molecule has 48 heavy (non-hydrogen) atoms. The predicted octanol–water partition coefficient (Wildman–Crippen LogP) is 4.85. The van der Waals surface area contributed by atoms with Crippen LogP contribution in [0.5, 0.6) is 6.01 Å². The minimum Gasteiger partial charge on any atom is -0.461 e. The van der Waals surface area contributed by atoms with Crippen LogP contribution in [0.1, 0.15) is 42.2 Å². The third kappa shape index (κ3) is 5.85. The minimum atomic E-state index is -0.833. The van der Waals surface area contributed by atoms with Crippen molar-refractivity contribution in [2.45, 2.75) is 50.9 Å². The van der Waals surface area contributed by atoms with Crippen LogP contribution in [0, 0.1) is 6.92 Å². The van der Waals surface area contributed by atoms with E-state index in [9.17, 15) is 9.18 Å². The number of alkyl halides is 1. The first-order chi connectivity index (χ1) is 23.3. The van der Waals surface area contributed by atoms with Gasteiger partial charge in [0.2, 0.25) is 5.91 Å². The molecule has 0 unspecified atom stereocenters. The summed E-state index contributed by atoms with van der Waals surface area (Å²) < 4.78 is 26.0. The zero-order chi connectivity index (χ0) is 32.8. The average molecular weight is 673 g/mol. The van der Waals surface area contributed by atoms with Crippen LogP contribution in [0.15, 0.2) is 47.0 Å². The molecule has 4 aliphatic heterocycles. The molecule has 0 N–H and O–H groups in total. The zero-order valence-electron chi connectivity index (χ0n) is 26.9. The molecule has 0 saturated carbocycles. The molecule has 11 nitrogen and oxygen atoms in total. The summed E-state index contributed by atoms with van der Waals surface area (Å²) in [5.41, 5.74) is 2.78. The van der Waals surface area contributed by atoms with E-state index in [-0.39, 0.29) is 11.4 Å². The number of hydrogen-bond acceptors (Lipinski definition) is 10. The van der Waals surface area contributed by atoms with E-state index in [1.807, 2.05) is 17.0 Å². The van der Waals surface area contributed by atoms with Crippen molar-refractivity contribution in [1.82, 2.24) is 29.9 Å². The summed E-state index contributed by atoms with van der Waals surface area (Å²) in [6.07, 6.45) is 5.38.